The van der Waals surface area contributed by atoms with E-state index in [1.165, 1.54) is 12.1 Å². The minimum atomic E-state index is -4.76. The third kappa shape index (κ3) is 9.91. The van der Waals surface area contributed by atoms with Gasteiger partial charge in [0.25, 0.3) is 0 Å². The van der Waals surface area contributed by atoms with E-state index in [2.05, 4.69) is 112 Å². The van der Waals surface area contributed by atoms with Crippen molar-refractivity contribution < 1.29 is 13.2 Å². The van der Waals surface area contributed by atoms with Crippen LogP contribution in [0.5, 0.6) is 0 Å². The van der Waals surface area contributed by atoms with Gasteiger partial charge in [-0.3, -0.25) is 19.9 Å². The van der Waals surface area contributed by atoms with Crippen LogP contribution in [0.4, 0.5) is 13.2 Å². The quantitative estimate of drug-likeness (QED) is 0.129. The standard InChI is InChI=1S/C82H50F3N7/c83-82(84,85)71-24-14-13-23-65(71)70-46-81(92-78-43-58(62-31-39-74(89-50-62)54-19-9-3-10-20-54)27-35-68(78)69-36-28-59(44-79(69)92)63-32-40-75(90-51-63)55-21-11-4-12-22-55)80(45-64(70)47-86)91-76-41-56(60-29-37-72(87-48-60)52-15-5-1-6-16-52)25-33-66(76)67-34-26-57(42-77(67)91)61-30-38-73(88-49-61)53-17-7-2-8-18-53/h1-46,48-51H. The number of rotatable bonds is 11. The Labute approximate surface area is 527 Å². The van der Waals surface area contributed by atoms with Crippen molar-refractivity contribution in [3.8, 4) is 118 Å². The van der Waals surface area contributed by atoms with Gasteiger partial charge in [-0.1, -0.05) is 212 Å². The molecule has 0 fully saturated rings. The van der Waals surface area contributed by atoms with Gasteiger partial charge in [-0.05, 0) is 94.5 Å². The molecule has 0 spiro atoms. The zero-order valence-electron chi connectivity index (χ0n) is 49.1. The molecule has 0 saturated heterocycles. The summed E-state index contributed by atoms with van der Waals surface area (Å²) in [4.78, 5) is 19.8. The molecule has 0 aliphatic carbocycles. The molecule has 0 saturated carbocycles. The Kier molecular flexibility index (Phi) is 13.6. The van der Waals surface area contributed by atoms with Gasteiger partial charge in [0.1, 0.15) is 0 Å². The van der Waals surface area contributed by atoms with E-state index in [4.69, 9.17) is 19.9 Å². The summed E-state index contributed by atoms with van der Waals surface area (Å²) in [5.74, 6) is 0. The third-order valence-electron chi connectivity index (χ3n) is 17.4. The number of nitrogens with zero attached hydrogens (tertiary/aromatic N) is 7. The second kappa shape index (κ2) is 22.7. The van der Waals surface area contributed by atoms with Gasteiger partial charge >= 0.3 is 6.18 Å². The fourth-order valence-corrected chi connectivity index (χ4v) is 12.9. The Morgan fingerprint density at radius 2 is 0.576 bits per heavy atom. The molecule has 16 aromatic rings. The molecule has 10 aromatic carbocycles. The van der Waals surface area contributed by atoms with Crippen LogP contribution in [0.1, 0.15) is 11.1 Å². The number of pyridine rings is 4. The van der Waals surface area contributed by atoms with E-state index in [1.54, 1.807) is 18.2 Å². The van der Waals surface area contributed by atoms with Crippen molar-refractivity contribution in [2.45, 2.75) is 6.18 Å². The number of aromatic nitrogens is 6. The molecule has 0 bridgehead atoms. The highest BCUT2D eigenvalue weighted by Gasteiger charge is 2.35. The minimum Gasteiger partial charge on any atom is -0.307 e. The largest absolute Gasteiger partial charge is 0.417 e. The molecule has 16 rings (SSSR count). The molecule has 0 amide bonds. The van der Waals surface area contributed by atoms with E-state index in [-0.39, 0.29) is 16.7 Å². The summed E-state index contributed by atoms with van der Waals surface area (Å²) in [5, 5.41) is 15.2. The summed E-state index contributed by atoms with van der Waals surface area (Å²) in [6.07, 6.45) is 2.77. The monoisotopic (exact) mass is 1190 g/mol. The third-order valence-corrected chi connectivity index (χ3v) is 17.4. The van der Waals surface area contributed by atoms with Crippen LogP contribution in [0.15, 0.2) is 304 Å². The van der Waals surface area contributed by atoms with Gasteiger partial charge in [0.15, 0.2) is 0 Å². The maximum atomic E-state index is 15.5. The molecule has 0 N–H and O–H groups in total. The molecular weight excluding hydrogens is 1140 g/mol. The average molecular weight is 1190 g/mol. The van der Waals surface area contributed by atoms with Crippen LogP contribution in [-0.2, 0) is 6.18 Å². The van der Waals surface area contributed by atoms with E-state index >= 15 is 13.2 Å². The second-order valence-electron chi connectivity index (χ2n) is 22.8. The van der Waals surface area contributed by atoms with Crippen molar-refractivity contribution in [3.63, 3.8) is 0 Å². The summed E-state index contributed by atoms with van der Waals surface area (Å²) in [6.45, 7) is 0. The Hall–Kier alpha value is -12.3. The van der Waals surface area contributed by atoms with Gasteiger partial charge in [0.05, 0.1) is 73.4 Å². The van der Waals surface area contributed by atoms with Crippen LogP contribution in [-0.4, -0.2) is 29.1 Å². The number of nitriles is 1. The first-order valence-corrected chi connectivity index (χ1v) is 30.2. The highest BCUT2D eigenvalue weighted by molar-refractivity contribution is 6.14. The van der Waals surface area contributed by atoms with Gasteiger partial charge in [0, 0.05) is 96.4 Å². The molecule has 0 unspecified atom stereocenters. The number of halogens is 3. The number of fused-ring (bicyclic) bond motifs is 6. The topological polar surface area (TPSA) is 85.2 Å². The van der Waals surface area contributed by atoms with E-state index in [0.29, 0.717) is 11.4 Å². The Morgan fingerprint density at radius 3 is 0.870 bits per heavy atom. The lowest BCUT2D eigenvalue weighted by atomic mass is 9.94. The van der Waals surface area contributed by atoms with Crippen LogP contribution in [0.3, 0.4) is 0 Å². The first-order chi connectivity index (χ1) is 45.2. The Morgan fingerprint density at radius 1 is 0.283 bits per heavy atom. The number of hydrogen-bond donors (Lipinski definition) is 0. The number of alkyl halides is 3. The van der Waals surface area contributed by atoms with Gasteiger partial charge in [-0.2, -0.15) is 18.4 Å². The highest BCUT2D eigenvalue weighted by Crippen LogP contribution is 2.46. The zero-order valence-corrected chi connectivity index (χ0v) is 49.1. The fourth-order valence-electron chi connectivity index (χ4n) is 12.9. The Balaban J connectivity index is 0.993. The molecule has 6 heterocycles. The lowest BCUT2D eigenvalue weighted by Gasteiger charge is -2.21. The lowest BCUT2D eigenvalue weighted by molar-refractivity contribution is -0.137. The molecule has 92 heavy (non-hydrogen) atoms. The normalized spacial score (nSPS) is 11.6. The predicted octanol–water partition coefficient (Wildman–Crippen LogP) is 21.4. The first kappa shape index (κ1) is 55.0. The van der Waals surface area contributed by atoms with Gasteiger partial charge in [-0.15, -0.1) is 0 Å². The second-order valence-corrected chi connectivity index (χ2v) is 22.8. The van der Waals surface area contributed by atoms with Crippen LogP contribution < -0.4 is 0 Å². The average Bonchev–Trinajstić information content (AvgIpc) is 1.54. The van der Waals surface area contributed by atoms with Crippen molar-refractivity contribution in [2.24, 2.45) is 0 Å². The summed E-state index contributed by atoms with van der Waals surface area (Å²) >= 11 is 0. The molecule has 0 radical (unpaired) electrons. The summed E-state index contributed by atoms with van der Waals surface area (Å²) < 4.78 is 50.9. The van der Waals surface area contributed by atoms with Crippen LogP contribution >= 0.6 is 0 Å². The van der Waals surface area contributed by atoms with Crippen molar-refractivity contribution in [2.75, 3.05) is 0 Å². The molecule has 0 atom stereocenters. The number of hydrogen-bond acceptors (Lipinski definition) is 5. The lowest BCUT2D eigenvalue weighted by Crippen LogP contribution is -2.09. The van der Waals surface area contributed by atoms with Gasteiger partial charge < -0.3 is 9.13 Å². The highest BCUT2D eigenvalue weighted by atomic mass is 19.4. The first-order valence-electron chi connectivity index (χ1n) is 30.2. The maximum Gasteiger partial charge on any atom is 0.417 e. The van der Waals surface area contributed by atoms with Crippen molar-refractivity contribution in [3.05, 3.63) is 315 Å². The van der Waals surface area contributed by atoms with Crippen LogP contribution in [0.2, 0.25) is 0 Å². The smallest absolute Gasteiger partial charge is 0.307 e. The van der Waals surface area contributed by atoms with Crippen LogP contribution in [0.25, 0.3) is 156 Å². The van der Waals surface area contributed by atoms with Crippen molar-refractivity contribution in [1.29, 1.82) is 5.26 Å². The van der Waals surface area contributed by atoms with E-state index in [1.807, 2.05) is 170 Å². The van der Waals surface area contributed by atoms with Crippen molar-refractivity contribution >= 4 is 43.6 Å². The summed E-state index contributed by atoms with van der Waals surface area (Å²) in [6, 6.07) is 93.4. The minimum absolute atomic E-state index is 0.0560. The summed E-state index contributed by atoms with van der Waals surface area (Å²) in [7, 11) is 0. The van der Waals surface area contributed by atoms with E-state index in [9.17, 15) is 5.26 Å². The SMILES string of the molecule is N#Cc1cc(-n2c3cc(-c4ccc(-c5ccccc5)nc4)ccc3c3ccc(-c4ccc(-c5ccccc5)nc4)cc32)c(-n2c3cc(-c4ccc(-c5ccccc5)nc4)ccc3c3ccc(-c4ccc(-c5ccccc5)nc4)cc32)cc1-c1ccccc1C(F)(F)F. The zero-order chi connectivity index (χ0) is 61.9. The van der Waals surface area contributed by atoms with Crippen molar-refractivity contribution in [1.82, 2.24) is 29.1 Å². The molecular formula is C82H50F3N7. The molecule has 7 nitrogen and oxygen atoms in total. The fraction of sp³-hybridized carbons (Fsp3) is 0.0122. The maximum absolute atomic E-state index is 15.5. The predicted molar refractivity (Wildman–Crippen MR) is 365 cm³/mol. The number of benzene rings is 10. The molecule has 6 aromatic heterocycles. The van der Waals surface area contributed by atoms with Crippen LogP contribution in [0, 0.1) is 11.3 Å². The van der Waals surface area contributed by atoms with E-state index in [0.717, 1.165) is 139 Å². The van der Waals surface area contributed by atoms with E-state index < -0.39 is 11.7 Å². The molecule has 0 aliphatic rings. The van der Waals surface area contributed by atoms with Gasteiger partial charge in [0.2, 0.25) is 0 Å². The summed E-state index contributed by atoms with van der Waals surface area (Å²) in [5.41, 5.74) is 17.7. The molecule has 10 heteroatoms. The molecule has 434 valence electrons. The van der Waals surface area contributed by atoms with Gasteiger partial charge in [-0.25, -0.2) is 0 Å². The Bertz CT molecular complexity index is 5230. The molecule has 0 aliphatic heterocycles.